The molecule has 0 radical (unpaired) electrons. The van der Waals surface area contributed by atoms with E-state index in [1.807, 2.05) is 13.0 Å². The highest BCUT2D eigenvalue weighted by Gasteiger charge is 2.18. The number of hydrogen-bond acceptors (Lipinski definition) is 6. The molecular weight excluding hydrogens is 400 g/mol. The van der Waals surface area contributed by atoms with Crippen molar-refractivity contribution in [2.75, 3.05) is 39.7 Å². The number of ether oxygens (including phenoxy) is 2. The Hall–Kier alpha value is -2.30. The molecule has 1 heterocycles. The van der Waals surface area contributed by atoms with E-state index in [1.165, 1.54) is 11.3 Å². The summed E-state index contributed by atoms with van der Waals surface area (Å²) in [6.07, 6.45) is 0. The van der Waals surface area contributed by atoms with Crippen LogP contribution >= 0.6 is 11.3 Å². The number of rotatable bonds is 8. The smallest absolute Gasteiger partial charge is 0.241 e. The summed E-state index contributed by atoms with van der Waals surface area (Å²) in [4.78, 5) is 6.22. The second kappa shape index (κ2) is 9.76. The van der Waals surface area contributed by atoms with Crippen LogP contribution in [0.15, 0.2) is 34.2 Å². The summed E-state index contributed by atoms with van der Waals surface area (Å²) in [7, 11) is 1.26. The van der Waals surface area contributed by atoms with Crippen molar-refractivity contribution in [3.05, 3.63) is 34.0 Å². The lowest BCUT2D eigenvalue weighted by molar-refractivity contribution is 0.355. The van der Waals surface area contributed by atoms with Gasteiger partial charge in [0.25, 0.3) is 0 Å². The van der Waals surface area contributed by atoms with Crippen molar-refractivity contribution in [2.24, 2.45) is 4.99 Å². The van der Waals surface area contributed by atoms with Crippen molar-refractivity contribution in [2.45, 2.75) is 18.7 Å². The van der Waals surface area contributed by atoms with Gasteiger partial charge in [0.2, 0.25) is 10.0 Å². The predicted octanol–water partition coefficient (Wildman–Crippen LogP) is 2.35. The van der Waals surface area contributed by atoms with Gasteiger partial charge >= 0.3 is 0 Å². The van der Waals surface area contributed by atoms with Crippen LogP contribution < -0.4 is 24.8 Å². The summed E-state index contributed by atoms with van der Waals surface area (Å²) in [6, 6.07) is 7.09. The third-order valence-corrected chi connectivity index (χ3v) is 6.55. The molecule has 28 heavy (non-hydrogen) atoms. The Morgan fingerprint density at radius 1 is 1.11 bits per heavy atom. The summed E-state index contributed by atoms with van der Waals surface area (Å²) >= 11 is 1.47. The molecule has 0 amide bonds. The Labute approximate surface area is 170 Å². The zero-order valence-electron chi connectivity index (χ0n) is 16.6. The maximum absolute atomic E-state index is 12.4. The van der Waals surface area contributed by atoms with E-state index in [-0.39, 0.29) is 6.54 Å². The number of anilines is 1. The number of nitrogens with one attached hydrogen (secondary N) is 3. The van der Waals surface area contributed by atoms with Crippen LogP contribution in [0.5, 0.6) is 11.5 Å². The van der Waals surface area contributed by atoms with E-state index >= 15 is 0 Å². The number of aryl methyl sites for hydroxylation is 2. The minimum Gasteiger partial charge on any atom is -0.493 e. The normalized spacial score (nSPS) is 12.0. The van der Waals surface area contributed by atoms with E-state index in [4.69, 9.17) is 9.47 Å². The highest BCUT2D eigenvalue weighted by molar-refractivity contribution is 7.89. The summed E-state index contributed by atoms with van der Waals surface area (Å²) < 4.78 is 37.9. The number of benzene rings is 1. The first kappa shape index (κ1) is 22.0. The lowest BCUT2D eigenvalue weighted by Gasteiger charge is -2.14. The molecule has 0 aliphatic heterocycles. The Morgan fingerprint density at radius 2 is 1.82 bits per heavy atom. The van der Waals surface area contributed by atoms with Crippen LogP contribution in [0.25, 0.3) is 0 Å². The molecule has 154 valence electrons. The zero-order chi connectivity index (χ0) is 20.7. The van der Waals surface area contributed by atoms with Crippen LogP contribution in [0.1, 0.15) is 9.75 Å². The van der Waals surface area contributed by atoms with Crippen LogP contribution in [0.2, 0.25) is 0 Å². The molecule has 1 aromatic carbocycles. The van der Waals surface area contributed by atoms with Gasteiger partial charge in [-0.05, 0) is 32.0 Å². The molecule has 0 aliphatic rings. The highest BCUT2D eigenvalue weighted by Crippen LogP contribution is 2.29. The lowest BCUT2D eigenvalue weighted by Crippen LogP contribution is -2.37. The number of guanidine groups is 1. The number of thiophene rings is 1. The topological polar surface area (TPSA) is 101 Å². The summed E-state index contributed by atoms with van der Waals surface area (Å²) in [5, 5.41) is 6.19. The van der Waals surface area contributed by atoms with Gasteiger partial charge < -0.3 is 20.1 Å². The van der Waals surface area contributed by atoms with E-state index in [2.05, 4.69) is 20.3 Å². The van der Waals surface area contributed by atoms with E-state index in [9.17, 15) is 8.42 Å². The molecule has 0 unspecified atom stereocenters. The SMILES string of the molecule is CN=C(NCCNS(=O)(=O)c1cc(C)sc1C)Nc1ccc(OC)c(OC)c1. The fourth-order valence-electron chi connectivity index (χ4n) is 2.55. The van der Waals surface area contributed by atoms with Crippen molar-refractivity contribution in [1.29, 1.82) is 0 Å². The molecule has 0 spiro atoms. The van der Waals surface area contributed by atoms with Crippen LogP contribution in [0.4, 0.5) is 5.69 Å². The van der Waals surface area contributed by atoms with Crippen molar-refractivity contribution in [1.82, 2.24) is 10.0 Å². The lowest BCUT2D eigenvalue weighted by atomic mass is 10.3. The van der Waals surface area contributed by atoms with E-state index in [0.29, 0.717) is 28.9 Å². The molecule has 1 aromatic heterocycles. The summed E-state index contributed by atoms with van der Waals surface area (Å²) in [5.74, 6) is 1.73. The molecule has 0 bridgehead atoms. The second-order valence-electron chi connectivity index (χ2n) is 5.87. The second-order valence-corrected chi connectivity index (χ2v) is 9.06. The Morgan fingerprint density at radius 3 is 2.39 bits per heavy atom. The number of nitrogens with zero attached hydrogens (tertiary/aromatic N) is 1. The molecule has 0 atom stereocenters. The summed E-state index contributed by atoms with van der Waals surface area (Å²) in [5.41, 5.74) is 0.760. The fourth-order valence-corrected chi connectivity index (χ4v) is 5.13. The first-order valence-electron chi connectivity index (χ1n) is 8.57. The molecule has 2 rings (SSSR count). The van der Waals surface area contributed by atoms with Crippen LogP contribution in [0, 0.1) is 13.8 Å². The molecule has 0 saturated carbocycles. The monoisotopic (exact) mass is 426 g/mol. The number of methoxy groups -OCH3 is 2. The Bertz CT molecular complexity index is 939. The highest BCUT2D eigenvalue weighted by atomic mass is 32.2. The largest absolute Gasteiger partial charge is 0.493 e. The van der Waals surface area contributed by atoms with Crippen molar-refractivity contribution >= 4 is 33.0 Å². The van der Waals surface area contributed by atoms with Gasteiger partial charge in [0.05, 0.1) is 19.1 Å². The van der Waals surface area contributed by atoms with Gasteiger partial charge in [-0.2, -0.15) is 0 Å². The van der Waals surface area contributed by atoms with E-state index in [1.54, 1.807) is 46.4 Å². The van der Waals surface area contributed by atoms with Gasteiger partial charge in [-0.3, -0.25) is 4.99 Å². The van der Waals surface area contributed by atoms with Crippen LogP contribution in [-0.2, 0) is 10.0 Å². The first-order valence-corrected chi connectivity index (χ1v) is 10.9. The van der Waals surface area contributed by atoms with Crippen LogP contribution in [-0.4, -0.2) is 48.7 Å². The molecule has 3 N–H and O–H groups in total. The van der Waals surface area contributed by atoms with Crippen molar-refractivity contribution in [3.8, 4) is 11.5 Å². The Kier molecular flexibility index (Phi) is 7.67. The molecule has 10 heteroatoms. The van der Waals surface area contributed by atoms with Crippen LogP contribution in [0.3, 0.4) is 0 Å². The fraction of sp³-hybridized carbons (Fsp3) is 0.389. The predicted molar refractivity (Wildman–Crippen MR) is 114 cm³/mol. The molecule has 0 saturated heterocycles. The van der Waals surface area contributed by atoms with Gasteiger partial charge in [0.1, 0.15) is 0 Å². The number of sulfonamides is 1. The number of aliphatic imine (C=N–C) groups is 1. The zero-order valence-corrected chi connectivity index (χ0v) is 18.3. The van der Waals surface area contributed by atoms with Gasteiger partial charge in [-0.1, -0.05) is 0 Å². The maximum Gasteiger partial charge on any atom is 0.241 e. The quantitative estimate of drug-likeness (QED) is 0.340. The third-order valence-electron chi connectivity index (χ3n) is 3.86. The van der Waals surface area contributed by atoms with E-state index in [0.717, 1.165) is 15.4 Å². The van der Waals surface area contributed by atoms with Gasteiger partial charge in [-0.25, -0.2) is 13.1 Å². The maximum atomic E-state index is 12.4. The molecule has 2 aromatic rings. The molecule has 8 nitrogen and oxygen atoms in total. The minimum absolute atomic E-state index is 0.225. The van der Waals surface area contributed by atoms with Gasteiger partial charge in [0, 0.05) is 41.6 Å². The average molecular weight is 427 g/mol. The molecule has 0 aliphatic carbocycles. The van der Waals surface area contributed by atoms with Crippen molar-refractivity contribution < 1.29 is 17.9 Å². The summed E-state index contributed by atoms with van der Waals surface area (Å²) in [6.45, 7) is 4.29. The molecule has 0 fully saturated rings. The van der Waals surface area contributed by atoms with E-state index < -0.39 is 10.0 Å². The van der Waals surface area contributed by atoms with Crippen molar-refractivity contribution in [3.63, 3.8) is 0 Å². The molecular formula is C18H26N4O4S2. The minimum atomic E-state index is -3.52. The van der Waals surface area contributed by atoms with Gasteiger partial charge in [0.15, 0.2) is 17.5 Å². The average Bonchev–Trinajstić information content (AvgIpc) is 3.03. The number of hydrogen-bond donors (Lipinski definition) is 3. The van der Waals surface area contributed by atoms with Gasteiger partial charge in [-0.15, -0.1) is 11.3 Å². The first-order chi connectivity index (χ1) is 13.3. The Balaban J connectivity index is 1.90. The third kappa shape index (κ3) is 5.60. The standard InChI is InChI=1S/C18H26N4O4S2/c1-12-10-17(13(2)27-12)28(23,24)21-9-8-20-18(19-3)22-14-6-7-15(25-4)16(11-14)26-5/h6-7,10-11,21H,8-9H2,1-5H3,(H2,19,20,22).